The second kappa shape index (κ2) is 3.83. The van der Waals surface area contributed by atoms with Crippen LogP contribution in [0.4, 0.5) is 5.69 Å². The highest BCUT2D eigenvalue weighted by Gasteiger charge is 2.12. The van der Waals surface area contributed by atoms with E-state index in [-0.39, 0.29) is 5.12 Å². The van der Waals surface area contributed by atoms with Crippen LogP contribution >= 0.6 is 11.8 Å². The molecule has 2 nitrogen and oxygen atoms in total. The molecule has 3 heteroatoms. The molecule has 0 saturated heterocycles. The average molecular weight is 195 g/mol. The maximum Gasteiger partial charge on any atom is 0.219 e. The third kappa shape index (κ3) is 1.86. The third-order valence-corrected chi connectivity index (χ3v) is 2.68. The van der Waals surface area contributed by atoms with Gasteiger partial charge in [0.05, 0.1) is 0 Å². The minimum Gasteiger partial charge on any atom is -0.398 e. The summed E-state index contributed by atoms with van der Waals surface area (Å²) in [5.74, 6) is 0. The van der Waals surface area contributed by atoms with Crippen LogP contribution in [0, 0.1) is 13.8 Å². The van der Waals surface area contributed by atoms with E-state index in [2.05, 4.69) is 0 Å². The molecule has 1 rings (SSSR count). The molecule has 0 saturated carbocycles. The first-order chi connectivity index (χ1) is 6.07. The van der Waals surface area contributed by atoms with E-state index in [1.807, 2.05) is 26.0 Å². The summed E-state index contributed by atoms with van der Waals surface area (Å²) in [6, 6.07) is 3.72. The number of rotatable bonds is 1. The second-order valence-electron chi connectivity index (χ2n) is 2.96. The Kier molecular flexibility index (Phi) is 2.98. The van der Waals surface area contributed by atoms with E-state index in [0.29, 0.717) is 5.69 Å². The molecule has 0 bridgehead atoms. The topological polar surface area (TPSA) is 43.1 Å². The van der Waals surface area contributed by atoms with Gasteiger partial charge in [0.15, 0.2) is 0 Å². The van der Waals surface area contributed by atoms with Crippen LogP contribution in [0.5, 0.6) is 0 Å². The largest absolute Gasteiger partial charge is 0.398 e. The fourth-order valence-corrected chi connectivity index (χ4v) is 1.80. The highest BCUT2D eigenvalue weighted by Crippen LogP contribution is 2.23. The van der Waals surface area contributed by atoms with Gasteiger partial charge in [0.2, 0.25) is 5.12 Å². The summed E-state index contributed by atoms with van der Waals surface area (Å²) < 4.78 is 0. The summed E-state index contributed by atoms with van der Waals surface area (Å²) >= 11 is 1.22. The summed E-state index contributed by atoms with van der Waals surface area (Å²) in [7, 11) is 0. The minimum absolute atomic E-state index is 0.0855. The smallest absolute Gasteiger partial charge is 0.219 e. The molecule has 0 atom stereocenters. The molecule has 1 aromatic carbocycles. The van der Waals surface area contributed by atoms with Crippen molar-refractivity contribution in [1.82, 2.24) is 0 Å². The van der Waals surface area contributed by atoms with Gasteiger partial charge in [-0.2, -0.15) is 0 Å². The Labute approximate surface area is 82.5 Å². The first kappa shape index (κ1) is 10.1. The number of hydrogen-bond acceptors (Lipinski definition) is 3. The van der Waals surface area contributed by atoms with Crippen molar-refractivity contribution < 1.29 is 4.79 Å². The lowest BCUT2D eigenvalue weighted by atomic mass is 10.0. The monoisotopic (exact) mass is 195 g/mol. The Bertz CT molecular complexity index is 347. The molecule has 2 N–H and O–H groups in total. The van der Waals surface area contributed by atoms with Crippen molar-refractivity contribution in [3.8, 4) is 0 Å². The van der Waals surface area contributed by atoms with Crippen LogP contribution in [0.15, 0.2) is 12.1 Å². The summed E-state index contributed by atoms with van der Waals surface area (Å²) in [6.07, 6.45) is 1.78. The van der Waals surface area contributed by atoms with E-state index >= 15 is 0 Å². The predicted octanol–water partition coefficient (Wildman–Crippen LogP) is 2.39. The summed E-state index contributed by atoms with van der Waals surface area (Å²) in [6.45, 7) is 3.81. The molecule has 0 radical (unpaired) electrons. The van der Waals surface area contributed by atoms with Gasteiger partial charge < -0.3 is 5.73 Å². The molecule has 0 fully saturated rings. The average Bonchev–Trinajstić information content (AvgIpc) is 2.12. The van der Waals surface area contributed by atoms with Crippen LogP contribution in [0.25, 0.3) is 0 Å². The summed E-state index contributed by atoms with van der Waals surface area (Å²) in [5.41, 5.74) is 9.04. The highest BCUT2D eigenvalue weighted by molar-refractivity contribution is 8.13. The Hall–Kier alpha value is -0.960. The quantitative estimate of drug-likeness (QED) is 0.700. The van der Waals surface area contributed by atoms with Gasteiger partial charge in [0, 0.05) is 11.3 Å². The number of anilines is 1. The standard InChI is InChI=1S/C10H13NOS/c1-6-4-5-8(11)7(2)9(6)10(12)13-3/h4-5H,11H2,1-3H3. The van der Waals surface area contributed by atoms with Crippen molar-refractivity contribution in [1.29, 1.82) is 0 Å². The molecule has 0 heterocycles. The number of hydrogen-bond donors (Lipinski definition) is 1. The molecule has 70 valence electrons. The number of carbonyl (C=O) groups excluding carboxylic acids is 1. The van der Waals surface area contributed by atoms with E-state index in [1.165, 1.54) is 11.8 Å². The van der Waals surface area contributed by atoms with Crippen molar-refractivity contribution in [2.75, 3.05) is 12.0 Å². The highest BCUT2D eigenvalue weighted by atomic mass is 32.2. The SMILES string of the molecule is CSC(=O)c1c(C)ccc(N)c1C. The Morgan fingerprint density at radius 1 is 1.38 bits per heavy atom. The summed E-state index contributed by atoms with van der Waals surface area (Å²) in [5, 5.41) is 0.0855. The Balaban J connectivity index is 3.33. The molecular weight excluding hydrogens is 182 g/mol. The zero-order valence-corrected chi connectivity index (χ0v) is 8.87. The van der Waals surface area contributed by atoms with Crippen molar-refractivity contribution in [2.24, 2.45) is 0 Å². The first-order valence-electron chi connectivity index (χ1n) is 4.02. The molecule has 0 aliphatic carbocycles. The normalized spacial score (nSPS) is 10.1. The van der Waals surface area contributed by atoms with Crippen molar-refractivity contribution >= 4 is 22.6 Å². The molecule has 0 spiro atoms. The van der Waals surface area contributed by atoms with Crippen molar-refractivity contribution in [2.45, 2.75) is 13.8 Å². The zero-order valence-electron chi connectivity index (χ0n) is 8.05. The van der Waals surface area contributed by atoms with Gasteiger partial charge in [-0.05, 0) is 37.3 Å². The molecule has 0 amide bonds. The lowest BCUT2D eigenvalue weighted by molar-refractivity contribution is 0.108. The lowest BCUT2D eigenvalue weighted by Gasteiger charge is -2.09. The number of carbonyl (C=O) groups is 1. The summed E-state index contributed by atoms with van der Waals surface area (Å²) in [4.78, 5) is 11.5. The van der Waals surface area contributed by atoms with Gasteiger partial charge in [0.25, 0.3) is 0 Å². The number of benzene rings is 1. The van der Waals surface area contributed by atoms with E-state index in [4.69, 9.17) is 5.73 Å². The Morgan fingerprint density at radius 2 is 2.00 bits per heavy atom. The number of nitrogen functional groups attached to an aromatic ring is 1. The zero-order chi connectivity index (χ0) is 10.0. The molecule has 0 aliphatic rings. The molecule has 1 aromatic rings. The van der Waals surface area contributed by atoms with E-state index in [9.17, 15) is 4.79 Å². The molecule has 13 heavy (non-hydrogen) atoms. The molecule has 0 unspecified atom stereocenters. The first-order valence-corrected chi connectivity index (χ1v) is 5.24. The van der Waals surface area contributed by atoms with Crippen LogP contribution in [0.1, 0.15) is 21.5 Å². The molecule has 0 aromatic heterocycles. The van der Waals surface area contributed by atoms with Crippen LogP contribution in [0.2, 0.25) is 0 Å². The van der Waals surface area contributed by atoms with Crippen molar-refractivity contribution in [3.63, 3.8) is 0 Å². The van der Waals surface area contributed by atoms with Gasteiger partial charge >= 0.3 is 0 Å². The number of thioether (sulfide) groups is 1. The van der Waals surface area contributed by atoms with Gasteiger partial charge in [-0.1, -0.05) is 17.8 Å². The fraction of sp³-hybridized carbons (Fsp3) is 0.300. The number of nitrogens with two attached hydrogens (primary N) is 1. The third-order valence-electron chi connectivity index (χ3n) is 2.10. The fourth-order valence-electron chi connectivity index (χ4n) is 1.28. The van der Waals surface area contributed by atoms with Crippen LogP contribution in [-0.2, 0) is 0 Å². The van der Waals surface area contributed by atoms with Gasteiger partial charge in [0.1, 0.15) is 0 Å². The maximum absolute atomic E-state index is 11.5. The van der Waals surface area contributed by atoms with Crippen LogP contribution in [-0.4, -0.2) is 11.4 Å². The maximum atomic E-state index is 11.5. The van der Waals surface area contributed by atoms with E-state index < -0.39 is 0 Å². The van der Waals surface area contributed by atoms with E-state index in [0.717, 1.165) is 16.7 Å². The minimum atomic E-state index is 0.0855. The molecule has 0 aliphatic heterocycles. The van der Waals surface area contributed by atoms with Crippen molar-refractivity contribution in [3.05, 3.63) is 28.8 Å². The van der Waals surface area contributed by atoms with Gasteiger partial charge in [-0.15, -0.1) is 0 Å². The van der Waals surface area contributed by atoms with Gasteiger partial charge in [-0.25, -0.2) is 0 Å². The van der Waals surface area contributed by atoms with Crippen LogP contribution < -0.4 is 5.73 Å². The molecular formula is C10H13NOS. The van der Waals surface area contributed by atoms with E-state index in [1.54, 1.807) is 6.26 Å². The Morgan fingerprint density at radius 3 is 2.54 bits per heavy atom. The predicted molar refractivity (Wildman–Crippen MR) is 58.2 cm³/mol. The number of aryl methyl sites for hydroxylation is 1. The second-order valence-corrected chi connectivity index (χ2v) is 3.74. The lowest BCUT2D eigenvalue weighted by Crippen LogP contribution is -2.03. The van der Waals surface area contributed by atoms with Gasteiger partial charge in [-0.3, -0.25) is 4.79 Å². The van der Waals surface area contributed by atoms with Crippen LogP contribution in [0.3, 0.4) is 0 Å².